The Morgan fingerprint density at radius 1 is 1.14 bits per heavy atom. The zero-order valence-electron chi connectivity index (χ0n) is 11.3. The smallest absolute Gasteiger partial charge is 0.239 e. The van der Waals surface area contributed by atoms with Crippen molar-refractivity contribution in [2.75, 3.05) is 11.9 Å². The molecule has 0 aliphatic carbocycles. The highest BCUT2D eigenvalue weighted by atomic mass is 19.1. The molecule has 0 aliphatic rings. The first kappa shape index (κ1) is 14.5. The van der Waals surface area contributed by atoms with E-state index in [-0.39, 0.29) is 24.8 Å². The topological polar surface area (TPSA) is 64.9 Å². The van der Waals surface area contributed by atoms with Gasteiger partial charge in [-0.25, -0.2) is 4.39 Å². The van der Waals surface area contributed by atoms with E-state index in [0.717, 1.165) is 5.69 Å². The number of hydrogen-bond acceptors (Lipinski definition) is 3. The summed E-state index contributed by atoms with van der Waals surface area (Å²) in [5.74, 6) is -0.569. The summed E-state index contributed by atoms with van der Waals surface area (Å²) in [4.78, 5) is 11.7. The van der Waals surface area contributed by atoms with Gasteiger partial charge in [-0.05, 0) is 30.3 Å². The molecule has 5 heteroatoms. The molecule has 2 rings (SSSR count). The van der Waals surface area contributed by atoms with Crippen LogP contribution in [0.1, 0.15) is 11.1 Å². The van der Waals surface area contributed by atoms with Gasteiger partial charge in [-0.15, -0.1) is 0 Å². The lowest BCUT2D eigenvalue weighted by Gasteiger charge is -2.08. The normalized spacial score (nSPS) is 9.71. The fourth-order valence-electron chi connectivity index (χ4n) is 1.74. The molecule has 21 heavy (non-hydrogen) atoms. The Labute approximate surface area is 122 Å². The van der Waals surface area contributed by atoms with Gasteiger partial charge in [-0.3, -0.25) is 4.79 Å². The molecule has 4 nitrogen and oxygen atoms in total. The maximum absolute atomic E-state index is 13.4. The van der Waals surface area contributed by atoms with Crippen LogP contribution >= 0.6 is 0 Å². The molecule has 2 aromatic rings. The molecule has 1 amide bonds. The van der Waals surface area contributed by atoms with Crippen LogP contribution in [-0.2, 0) is 11.3 Å². The third-order valence-electron chi connectivity index (χ3n) is 2.90. The van der Waals surface area contributed by atoms with Crippen LogP contribution in [0.25, 0.3) is 0 Å². The maximum atomic E-state index is 13.4. The Kier molecular flexibility index (Phi) is 4.89. The van der Waals surface area contributed by atoms with Crippen LogP contribution in [0, 0.1) is 17.1 Å². The van der Waals surface area contributed by atoms with E-state index in [2.05, 4.69) is 10.6 Å². The van der Waals surface area contributed by atoms with Crippen LogP contribution in [-0.4, -0.2) is 12.5 Å². The van der Waals surface area contributed by atoms with Crippen LogP contribution in [0.2, 0.25) is 0 Å². The number of halogens is 1. The molecule has 0 aromatic heterocycles. The van der Waals surface area contributed by atoms with E-state index in [1.54, 1.807) is 42.5 Å². The van der Waals surface area contributed by atoms with E-state index in [1.807, 2.05) is 6.07 Å². The number of benzene rings is 2. The van der Waals surface area contributed by atoms with Crippen molar-refractivity contribution in [3.8, 4) is 6.07 Å². The monoisotopic (exact) mass is 283 g/mol. The molecule has 0 aliphatic heterocycles. The minimum absolute atomic E-state index is 0.0837. The molecule has 0 fully saturated rings. The van der Waals surface area contributed by atoms with Gasteiger partial charge in [-0.1, -0.05) is 18.2 Å². The maximum Gasteiger partial charge on any atom is 0.239 e. The van der Waals surface area contributed by atoms with Gasteiger partial charge in [0.1, 0.15) is 5.82 Å². The Balaban J connectivity index is 1.79. The van der Waals surface area contributed by atoms with Crippen LogP contribution < -0.4 is 10.6 Å². The lowest BCUT2D eigenvalue weighted by atomic mass is 10.2. The summed E-state index contributed by atoms with van der Waals surface area (Å²) in [7, 11) is 0. The van der Waals surface area contributed by atoms with Crippen molar-refractivity contribution in [1.82, 2.24) is 5.32 Å². The molecule has 0 atom stereocenters. The summed E-state index contributed by atoms with van der Waals surface area (Å²) in [6.07, 6.45) is 0. The molecule has 0 saturated carbocycles. The minimum atomic E-state index is -0.335. The SMILES string of the molecule is N#Cc1ccc(NCC(=O)NCc2ccccc2F)cc1. The summed E-state index contributed by atoms with van der Waals surface area (Å²) < 4.78 is 13.4. The van der Waals surface area contributed by atoms with Crippen molar-refractivity contribution in [2.24, 2.45) is 0 Å². The van der Waals surface area contributed by atoms with Crippen molar-refractivity contribution in [3.05, 3.63) is 65.5 Å². The van der Waals surface area contributed by atoms with Crippen molar-refractivity contribution in [1.29, 1.82) is 5.26 Å². The lowest BCUT2D eigenvalue weighted by Crippen LogP contribution is -2.29. The average Bonchev–Trinajstić information content (AvgIpc) is 2.52. The van der Waals surface area contributed by atoms with Gasteiger partial charge in [0.05, 0.1) is 18.2 Å². The Morgan fingerprint density at radius 2 is 1.86 bits per heavy atom. The summed E-state index contributed by atoms with van der Waals surface area (Å²) in [5, 5.41) is 14.3. The highest BCUT2D eigenvalue weighted by molar-refractivity contribution is 5.80. The molecule has 0 spiro atoms. The van der Waals surface area contributed by atoms with Gasteiger partial charge in [0.15, 0.2) is 0 Å². The summed E-state index contributed by atoms with van der Waals surface area (Å²) >= 11 is 0. The largest absolute Gasteiger partial charge is 0.376 e. The van der Waals surface area contributed by atoms with Crippen molar-refractivity contribution in [2.45, 2.75) is 6.54 Å². The van der Waals surface area contributed by atoms with Gasteiger partial charge in [0.25, 0.3) is 0 Å². The van der Waals surface area contributed by atoms with E-state index < -0.39 is 0 Å². The molecule has 0 bridgehead atoms. The number of nitriles is 1. The van der Waals surface area contributed by atoms with Gasteiger partial charge >= 0.3 is 0 Å². The second-order valence-corrected chi connectivity index (χ2v) is 4.41. The quantitative estimate of drug-likeness (QED) is 0.885. The second kappa shape index (κ2) is 7.06. The van der Waals surface area contributed by atoms with E-state index >= 15 is 0 Å². The van der Waals surface area contributed by atoms with Gasteiger partial charge in [-0.2, -0.15) is 5.26 Å². The number of rotatable bonds is 5. The Hall–Kier alpha value is -2.87. The fourth-order valence-corrected chi connectivity index (χ4v) is 1.74. The standard InChI is InChI=1S/C16H14FN3O/c17-15-4-2-1-3-13(15)10-20-16(21)11-19-14-7-5-12(9-18)6-8-14/h1-8,19H,10-11H2,(H,20,21). The van der Waals surface area contributed by atoms with Crippen molar-refractivity contribution >= 4 is 11.6 Å². The number of hydrogen-bond donors (Lipinski definition) is 2. The predicted octanol–water partition coefficient (Wildman–Crippen LogP) is 2.43. The van der Waals surface area contributed by atoms with Gasteiger partial charge in [0.2, 0.25) is 5.91 Å². The first-order chi connectivity index (χ1) is 10.2. The van der Waals surface area contributed by atoms with Gasteiger partial charge < -0.3 is 10.6 Å². The van der Waals surface area contributed by atoms with Crippen LogP contribution in [0.15, 0.2) is 48.5 Å². The van der Waals surface area contributed by atoms with E-state index in [9.17, 15) is 9.18 Å². The Morgan fingerprint density at radius 3 is 2.52 bits per heavy atom. The van der Waals surface area contributed by atoms with Crippen molar-refractivity contribution in [3.63, 3.8) is 0 Å². The van der Waals surface area contributed by atoms with Crippen LogP contribution in [0.3, 0.4) is 0 Å². The van der Waals surface area contributed by atoms with E-state index in [4.69, 9.17) is 5.26 Å². The molecular weight excluding hydrogens is 269 g/mol. The Bertz CT molecular complexity index is 662. The molecule has 0 heterocycles. The molecule has 0 saturated heterocycles. The molecular formula is C16H14FN3O. The zero-order valence-corrected chi connectivity index (χ0v) is 11.3. The van der Waals surface area contributed by atoms with Crippen LogP contribution in [0.4, 0.5) is 10.1 Å². The summed E-state index contributed by atoms with van der Waals surface area (Å²) in [6.45, 7) is 0.237. The van der Waals surface area contributed by atoms with Crippen molar-refractivity contribution < 1.29 is 9.18 Å². The minimum Gasteiger partial charge on any atom is -0.376 e. The van der Waals surface area contributed by atoms with Gasteiger partial charge in [0, 0.05) is 17.8 Å². The summed E-state index contributed by atoms with van der Waals surface area (Å²) in [6, 6.07) is 15.1. The zero-order chi connectivity index (χ0) is 15.1. The molecule has 2 N–H and O–H groups in total. The number of nitrogens with zero attached hydrogens (tertiary/aromatic N) is 1. The highest BCUT2D eigenvalue weighted by Crippen LogP contribution is 2.08. The number of amides is 1. The molecule has 0 unspecified atom stereocenters. The third kappa shape index (κ3) is 4.32. The summed E-state index contributed by atoms with van der Waals surface area (Å²) in [5.41, 5.74) is 1.75. The third-order valence-corrected chi connectivity index (χ3v) is 2.90. The second-order valence-electron chi connectivity index (χ2n) is 4.41. The molecule has 0 radical (unpaired) electrons. The first-order valence-corrected chi connectivity index (χ1v) is 6.43. The number of carbonyl (C=O) groups is 1. The first-order valence-electron chi connectivity index (χ1n) is 6.43. The fraction of sp³-hybridized carbons (Fsp3) is 0.125. The van der Waals surface area contributed by atoms with E-state index in [1.165, 1.54) is 6.07 Å². The average molecular weight is 283 g/mol. The number of nitrogens with one attached hydrogen (secondary N) is 2. The predicted molar refractivity (Wildman–Crippen MR) is 77.9 cm³/mol. The molecule has 106 valence electrons. The lowest BCUT2D eigenvalue weighted by molar-refractivity contribution is -0.119. The molecule has 2 aromatic carbocycles. The van der Waals surface area contributed by atoms with E-state index in [0.29, 0.717) is 11.1 Å². The number of carbonyl (C=O) groups excluding carboxylic acids is 1. The number of anilines is 1. The highest BCUT2D eigenvalue weighted by Gasteiger charge is 2.04. The van der Waals surface area contributed by atoms with Crippen LogP contribution in [0.5, 0.6) is 0 Å².